The molecule has 2 aromatic rings. The first-order valence-corrected chi connectivity index (χ1v) is 6.19. The van der Waals surface area contributed by atoms with Crippen molar-refractivity contribution in [1.29, 1.82) is 0 Å². The number of amides is 1. The molecule has 0 fully saturated rings. The van der Waals surface area contributed by atoms with Gasteiger partial charge in [-0.1, -0.05) is 30.0 Å². The molecule has 0 spiro atoms. The molecule has 0 unspecified atom stereocenters. The number of aromatic nitrogens is 1. The van der Waals surface area contributed by atoms with E-state index in [-0.39, 0.29) is 11.7 Å². The number of fused-ring (bicyclic) bond motifs is 1. The molecule has 0 aliphatic carbocycles. The number of pyridine rings is 1. The molecule has 1 amide bonds. The molecule has 0 atom stereocenters. The topological polar surface area (TPSA) is 82.0 Å². The minimum absolute atomic E-state index is 0.221. The second-order valence-electron chi connectivity index (χ2n) is 3.60. The highest BCUT2D eigenvalue weighted by Gasteiger charge is 2.07. The van der Waals surface area contributed by atoms with E-state index in [4.69, 9.17) is 11.5 Å². The van der Waals surface area contributed by atoms with Crippen molar-refractivity contribution in [2.45, 2.75) is 11.6 Å². The highest BCUT2D eigenvalue weighted by atomic mass is 32.2. The summed E-state index contributed by atoms with van der Waals surface area (Å²) in [4.78, 5) is 15.3. The first kappa shape index (κ1) is 11.9. The fourth-order valence-corrected chi connectivity index (χ4v) is 2.32. The molecule has 0 saturated carbocycles. The molecule has 5 heteroatoms. The van der Waals surface area contributed by atoms with Crippen molar-refractivity contribution < 1.29 is 4.79 Å². The normalized spacial score (nSPS) is 10.6. The highest BCUT2D eigenvalue weighted by molar-refractivity contribution is 7.99. The molecular weight excluding hydrogens is 234 g/mol. The summed E-state index contributed by atoms with van der Waals surface area (Å²) >= 11 is 1.33. The predicted molar refractivity (Wildman–Crippen MR) is 69.6 cm³/mol. The third kappa shape index (κ3) is 2.75. The van der Waals surface area contributed by atoms with Gasteiger partial charge in [-0.2, -0.15) is 0 Å². The Morgan fingerprint density at radius 3 is 2.82 bits per heavy atom. The minimum Gasteiger partial charge on any atom is -0.369 e. The maximum Gasteiger partial charge on any atom is 0.227 e. The zero-order valence-corrected chi connectivity index (χ0v) is 10.0. The number of nitrogens with two attached hydrogens (primary N) is 2. The first-order valence-electron chi connectivity index (χ1n) is 5.20. The summed E-state index contributed by atoms with van der Waals surface area (Å²) in [5.74, 6) is -0.133. The lowest BCUT2D eigenvalue weighted by Crippen LogP contribution is -2.13. The molecule has 1 aromatic heterocycles. The van der Waals surface area contributed by atoms with E-state index in [0.29, 0.717) is 6.54 Å². The lowest BCUT2D eigenvalue weighted by atomic mass is 10.1. The third-order valence-electron chi connectivity index (χ3n) is 2.33. The van der Waals surface area contributed by atoms with Gasteiger partial charge in [-0.05, 0) is 17.7 Å². The average Bonchev–Trinajstić information content (AvgIpc) is 2.35. The number of thioether (sulfide) groups is 1. The fourth-order valence-electron chi connectivity index (χ4n) is 1.55. The van der Waals surface area contributed by atoms with Crippen molar-refractivity contribution in [2.24, 2.45) is 11.5 Å². The van der Waals surface area contributed by atoms with Crippen molar-refractivity contribution in [1.82, 2.24) is 4.98 Å². The molecule has 0 saturated heterocycles. The number of nitrogens with zero attached hydrogens (tertiary/aromatic N) is 1. The average molecular weight is 247 g/mol. The second kappa shape index (κ2) is 5.16. The molecule has 17 heavy (non-hydrogen) atoms. The summed E-state index contributed by atoms with van der Waals surface area (Å²) in [7, 11) is 0. The summed E-state index contributed by atoms with van der Waals surface area (Å²) in [5.41, 5.74) is 12.6. The van der Waals surface area contributed by atoms with Gasteiger partial charge in [0.2, 0.25) is 5.91 Å². The van der Waals surface area contributed by atoms with Crippen LogP contribution in [0.1, 0.15) is 5.56 Å². The number of primary amides is 1. The molecule has 4 N–H and O–H groups in total. The van der Waals surface area contributed by atoms with Crippen LogP contribution in [0.3, 0.4) is 0 Å². The standard InChI is InChI=1S/C12H13N3OS/c13-6-9-5-8-3-1-2-4-10(8)15-12(9)17-7-11(14)16/h1-5H,6-7,13H2,(H2,14,16). The molecule has 1 aromatic carbocycles. The highest BCUT2D eigenvalue weighted by Crippen LogP contribution is 2.24. The van der Waals surface area contributed by atoms with Crippen LogP contribution in [0.2, 0.25) is 0 Å². The Balaban J connectivity index is 2.41. The van der Waals surface area contributed by atoms with E-state index in [2.05, 4.69) is 4.98 Å². The van der Waals surface area contributed by atoms with E-state index in [1.807, 2.05) is 30.3 Å². The number of carbonyl (C=O) groups excluding carboxylic acids is 1. The number of para-hydroxylation sites is 1. The van der Waals surface area contributed by atoms with E-state index in [9.17, 15) is 4.79 Å². The number of hydrogen-bond donors (Lipinski definition) is 2. The second-order valence-corrected chi connectivity index (χ2v) is 4.57. The van der Waals surface area contributed by atoms with Gasteiger partial charge >= 0.3 is 0 Å². The van der Waals surface area contributed by atoms with Crippen molar-refractivity contribution >= 4 is 28.6 Å². The quantitative estimate of drug-likeness (QED) is 0.797. The van der Waals surface area contributed by atoms with Crippen LogP contribution in [-0.2, 0) is 11.3 Å². The minimum atomic E-state index is -0.354. The Hall–Kier alpha value is -1.59. The summed E-state index contributed by atoms with van der Waals surface area (Å²) in [6.45, 7) is 0.402. The van der Waals surface area contributed by atoms with Gasteiger partial charge in [0.1, 0.15) is 5.03 Å². The van der Waals surface area contributed by atoms with E-state index in [1.54, 1.807) is 0 Å². The Labute approximate surface area is 103 Å². The summed E-state index contributed by atoms with van der Waals surface area (Å²) in [6.07, 6.45) is 0. The number of hydrogen-bond acceptors (Lipinski definition) is 4. The molecule has 0 bridgehead atoms. The van der Waals surface area contributed by atoms with Crippen LogP contribution in [0.4, 0.5) is 0 Å². The zero-order valence-electron chi connectivity index (χ0n) is 9.22. The van der Waals surface area contributed by atoms with Crippen molar-refractivity contribution in [3.05, 3.63) is 35.9 Å². The van der Waals surface area contributed by atoms with E-state index in [0.717, 1.165) is 21.5 Å². The van der Waals surface area contributed by atoms with Crippen LogP contribution in [0.15, 0.2) is 35.4 Å². The monoisotopic (exact) mass is 247 g/mol. The Kier molecular flexibility index (Phi) is 3.61. The van der Waals surface area contributed by atoms with Crippen LogP contribution in [0.25, 0.3) is 10.9 Å². The van der Waals surface area contributed by atoms with Crippen LogP contribution < -0.4 is 11.5 Å². The summed E-state index contributed by atoms with van der Waals surface area (Å²) in [6, 6.07) is 9.82. The van der Waals surface area contributed by atoms with Crippen molar-refractivity contribution in [2.75, 3.05) is 5.75 Å². The van der Waals surface area contributed by atoms with Gasteiger partial charge in [0.15, 0.2) is 0 Å². The maximum absolute atomic E-state index is 10.8. The molecule has 2 rings (SSSR count). The van der Waals surface area contributed by atoms with Gasteiger partial charge in [-0.15, -0.1) is 0 Å². The molecule has 0 radical (unpaired) electrons. The van der Waals surface area contributed by atoms with E-state index >= 15 is 0 Å². The number of rotatable bonds is 4. The Morgan fingerprint density at radius 2 is 2.12 bits per heavy atom. The van der Waals surface area contributed by atoms with E-state index in [1.165, 1.54) is 11.8 Å². The third-order valence-corrected chi connectivity index (χ3v) is 3.39. The van der Waals surface area contributed by atoms with Crippen LogP contribution >= 0.6 is 11.8 Å². The SMILES string of the molecule is NCc1cc2ccccc2nc1SCC(N)=O. The van der Waals surface area contributed by atoms with Crippen LogP contribution in [0, 0.1) is 0 Å². The van der Waals surface area contributed by atoms with Gasteiger partial charge in [-0.3, -0.25) is 4.79 Å². The summed E-state index contributed by atoms with van der Waals surface area (Å²) in [5, 5.41) is 1.83. The molecule has 1 heterocycles. The van der Waals surface area contributed by atoms with Crippen molar-refractivity contribution in [3.63, 3.8) is 0 Å². The summed E-state index contributed by atoms with van der Waals surface area (Å²) < 4.78 is 0. The molecule has 0 aliphatic rings. The number of benzene rings is 1. The van der Waals surface area contributed by atoms with Gasteiger partial charge in [0.05, 0.1) is 11.3 Å². The van der Waals surface area contributed by atoms with Gasteiger partial charge in [0.25, 0.3) is 0 Å². The predicted octanol–water partition coefficient (Wildman–Crippen LogP) is 1.27. The van der Waals surface area contributed by atoms with Gasteiger partial charge in [0, 0.05) is 11.9 Å². The maximum atomic E-state index is 10.8. The molecule has 4 nitrogen and oxygen atoms in total. The number of carbonyl (C=O) groups is 1. The van der Waals surface area contributed by atoms with Crippen LogP contribution in [-0.4, -0.2) is 16.6 Å². The Morgan fingerprint density at radius 1 is 1.35 bits per heavy atom. The first-order chi connectivity index (χ1) is 8.20. The molecule has 88 valence electrons. The smallest absolute Gasteiger partial charge is 0.227 e. The molecular formula is C12H13N3OS. The van der Waals surface area contributed by atoms with Crippen LogP contribution in [0.5, 0.6) is 0 Å². The fraction of sp³-hybridized carbons (Fsp3) is 0.167. The zero-order chi connectivity index (χ0) is 12.3. The largest absolute Gasteiger partial charge is 0.369 e. The Bertz CT molecular complexity index is 556. The lowest BCUT2D eigenvalue weighted by molar-refractivity contribution is -0.115. The van der Waals surface area contributed by atoms with E-state index < -0.39 is 0 Å². The lowest BCUT2D eigenvalue weighted by Gasteiger charge is -2.07. The van der Waals surface area contributed by atoms with Gasteiger partial charge in [-0.25, -0.2) is 4.98 Å². The molecule has 0 aliphatic heterocycles. The van der Waals surface area contributed by atoms with Gasteiger partial charge < -0.3 is 11.5 Å². The van der Waals surface area contributed by atoms with Crippen molar-refractivity contribution in [3.8, 4) is 0 Å².